The topological polar surface area (TPSA) is 12.0 Å². The second kappa shape index (κ2) is 5.08. The van der Waals surface area contributed by atoms with E-state index in [1.807, 2.05) is 0 Å². The minimum atomic E-state index is -0.979. The van der Waals surface area contributed by atoms with E-state index in [0.29, 0.717) is 6.07 Å². The monoisotopic (exact) mass is 255 g/mol. The first kappa shape index (κ1) is 12.4. The molecule has 0 spiro atoms. The van der Waals surface area contributed by atoms with Crippen molar-refractivity contribution in [3.05, 3.63) is 65.2 Å². The second-order valence-electron chi connectivity index (χ2n) is 3.69. The molecule has 0 unspecified atom stereocenters. The predicted molar refractivity (Wildman–Crippen MR) is 60.0 cm³/mol. The number of halogens is 4. The van der Waals surface area contributed by atoms with Crippen LogP contribution in [0.1, 0.15) is 5.56 Å². The summed E-state index contributed by atoms with van der Waals surface area (Å²) in [7, 11) is 0. The molecule has 18 heavy (non-hydrogen) atoms. The summed E-state index contributed by atoms with van der Waals surface area (Å²) < 4.78 is 52.1. The fraction of sp³-hybridized carbons (Fsp3) is 0.0769. The quantitative estimate of drug-likeness (QED) is 0.821. The molecular formula is C13H9F4N. The van der Waals surface area contributed by atoms with Gasteiger partial charge in [-0.15, -0.1) is 0 Å². The van der Waals surface area contributed by atoms with Crippen LogP contribution >= 0.6 is 0 Å². The Hall–Kier alpha value is -2.04. The molecule has 1 N–H and O–H groups in total. The summed E-state index contributed by atoms with van der Waals surface area (Å²) in [5.41, 5.74) is 0.0961. The molecule has 0 bridgehead atoms. The number of rotatable bonds is 3. The van der Waals surface area contributed by atoms with Crippen LogP contribution in [0.2, 0.25) is 0 Å². The van der Waals surface area contributed by atoms with Crippen LogP contribution in [0.5, 0.6) is 0 Å². The molecule has 0 saturated carbocycles. The number of nitrogens with one attached hydrogen (secondary N) is 1. The molecule has 0 aliphatic carbocycles. The third-order valence-electron chi connectivity index (χ3n) is 2.43. The van der Waals surface area contributed by atoms with Gasteiger partial charge in [-0.25, -0.2) is 17.6 Å². The van der Waals surface area contributed by atoms with Crippen LogP contribution in [0.3, 0.4) is 0 Å². The van der Waals surface area contributed by atoms with Crippen molar-refractivity contribution in [2.75, 3.05) is 5.32 Å². The van der Waals surface area contributed by atoms with E-state index in [1.54, 1.807) is 0 Å². The van der Waals surface area contributed by atoms with Crippen LogP contribution in [-0.4, -0.2) is 0 Å². The molecule has 0 fully saturated rings. The molecule has 1 nitrogen and oxygen atoms in total. The van der Waals surface area contributed by atoms with Crippen LogP contribution in [-0.2, 0) is 6.54 Å². The molecule has 2 aromatic rings. The fourth-order valence-corrected chi connectivity index (χ4v) is 1.51. The molecule has 0 atom stereocenters. The van der Waals surface area contributed by atoms with Gasteiger partial charge < -0.3 is 5.32 Å². The van der Waals surface area contributed by atoms with Gasteiger partial charge in [0.15, 0.2) is 11.6 Å². The normalized spacial score (nSPS) is 10.4. The van der Waals surface area contributed by atoms with Crippen LogP contribution in [0.4, 0.5) is 23.2 Å². The van der Waals surface area contributed by atoms with Crippen molar-refractivity contribution in [1.82, 2.24) is 0 Å². The predicted octanol–water partition coefficient (Wildman–Crippen LogP) is 3.86. The highest BCUT2D eigenvalue weighted by atomic mass is 19.2. The van der Waals surface area contributed by atoms with Crippen molar-refractivity contribution in [2.45, 2.75) is 6.54 Å². The van der Waals surface area contributed by atoms with Crippen molar-refractivity contribution < 1.29 is 17.6 Å². The summed E-state index contributed by atoms with van der Waals surface area (Å²) in [6.07, 6.45) is 0. The molecule has 0 aliphatic rings. The van der Waals surface area contributed by atoms with Gasteiger partial charge >= 0.3 is 0 Å². The van der Waals surface area contributed by atoms with E-state index >= 15 is 0 Å². The van der Waals surface area contributed by atoms with Gasteiger partial charge in [0.2, 0.25) is 0 Å². The van der Waals surface area contributed by atoms with Gasteiger partial charge in [-0.2, -0.15) is 0 Å². The fourth-order valence-electron chi connectivity index (χ4n) is 1.51. The maximum Gasteiger partial charge on any atom is 0.163 e. The molecule has 0 radical (unpaired) electrons. The number of hydrogen-bond donors (Lipinski definition) is 1. The average Bonchev–Trinajstić information content (AvgIpc) is 2.33. The zero-order valence-corrected chi connectivity index (χ0v) is 9.18. The first-order valence-electron chi connectivity index (χ1n) is 5.20. The van der Waals surface area contributed by atoms with Crippen molar-refractivity contribution in [1.29, 1.82) is 0 Å². The molecule has 0 saturated heterocycles. The number of anilines is 1. The SMILES string of the molecule is Fc1ccc(NCc2cccc(F)c2F)c(F)c1. The van der Waals surface area contributed by atoms with Crippen LogP contribution < -0.4 is 5.32 Å². The van der Waals surface area contributed by atoms with E-state index in [9.17, 15) is 17.6 Å². The van der Waals surface area contributed by atoms with Gasteiger partial charge in [0.1, 0.15) is 11.6 Å². The summed E-state index contributed by atoms with van der Waals surface area (Å²) in [6.45, 7) is -0.0911. The third kappa shape index (κ3) is 2.61. The zero-order valence-electron chi connectivity index (χ0n) is 9.18. The van der Waals surface area contributed by atoms with Crippen LogP contribution in [0.15, 0.2) is 36.4 Å². The highest BCUT2D eigenvalue weighted by Crippen LogP contribution is 2.17. The lowest BCUT2D eigenvalue weighted by Crippen LogP contribution is -2.04. The average molecular weight is 255 g/mol. The van der Waals surface area contributed by atoms with E-state index < -0.39 is 23.3 Å². The Morgan fingerprint density at radius 2 is 1.67 bits per heavy atom. The minimum Gasteiger partial charge on any atom is -0.378 e. The van der Waals surface area contributed by atoms with Crippen molar-refractivity contribution in [3.63, 3.8) is 0 Å². The Labute approximate surface area is 101 Å². The molecule has 0 heterocycles. The highest BCUT2D eigenvalue weighted by molar-refractivity contribution is 5.45. The van der Waals surface area contributed by atoms with E-state index in [2.05, 4.69) is 5.32 Å². The molecular weight excluding hydrogens is 246 g/mol. The first-order chi connectivity index (χ1) is 8.58. The Morgan fingerprint density at radius 1 is 0.889 bits per heavy atom. The largest absolute Gasteiger partial charge is 0.378 e. The highest BCUT2D eigenvalue weighted by Gasteiger charge is 2.08. The lowest BCUT2D eigenvalue weighted by Gasteiger charge is -2.08. The Balaban J connectivity index is 2.14. The molecule has 0 amide bonds. The summed E-state index contributed by atoms with van der Waals surface area (Å²) in [5.74, 6) is -3.43. The standard InChI is InChI=1S/C13H9F4N/c14-9-4-5-12(11(16)6-9)18-7-8-2-1-3-10(15)13(8)17/h1-6,18H,7H2. The molecule has 2 aromatic carbocycles. The van der Waals surface area contributed by atoms with Crippen LogP contribution in [0, 0.1) is 23.3 Å². The van der Waals surface area contributed by atoms with Gasteiger partial charge in [-0.3, -0.25) is 0 Å². The lowest BCUT2D eigenvalue weighted by molar-refractivity contribution is 0.500. The smallest absolute Gasteiger partial charge is 0.163 e. The van der Waals surface area contributed by atoms with Gasteiger partial charge in [-0.05, 0) is 18.2 Å². The van der Waals surface area contributed by atoms with E-state index in [0.717, 1.165) is 12.1 Å². The summed E-state index contributed by atoms with van der Waals surface area (Å²) in [5, 5.41) is 2.58. The zero-order chi connectivity index (χ0) is 13.1. The van der Waals surface area contributed by atoms with Crippen molar-refractivity contribution in [2.24, 2.45) is 0 Å². The van der Waals surface area contributed by atoms with E-state index in [4.69, 9.17) is 0 Å². The van der Waals surface area contributed by atoms with E-state index in [-0.39, 0.29) is 17.8 Å². The lowest BCUT2D eigenvalue weighted by atomic mass is 10.2. The van der Waals surface area contributed by atoms with Gasteiger partial charge in [-0.1, -0.05) is 12.1 Å². The number of benzene rings is 2. The molecule has 5 heteroatoms. The van der Waals surface area contributed by atoms with Crippen molar-refractivity contribution >= 4 is 5.69 Å². The molecule has 0 aliphatic heterocycles. The van der Waals surface area contributed by atoms with E-state index in [1.165, 1.54) is 18.2 Å². The minimum absolute atomic E-state index is 0.0278. The molecule has 2 rings (SSSR count). The maximum absolute atomic E-state index is 13.3. The van der Waals surface area contributed by atoms with Gasteiger partial charge in [0.25, 0.3) is 0 Å². The maximum atomic E-state index is 13.3. The van der Waals surface area contributed by atoms with Gasteiger partial charge in [0.05, 0.1) is 5.69 Å². The molecule has 94 valence electrons. The Morgan fingerprint density at radius 3 is 2.39 bits per heavy atom. The Bertz CT molecular complexity index is 569. The summed E-state index contributed by atoms with van der Waals surface area (Å²) >= 11 is 0. The summed E-state index contributed by atoms with van der Waals surface area (Å²) in [4.78, 5) is 0. The van der Waals surface area contributed by atoms with Crippen molar-refractivity contribution in [3.8, 4) is 0 Å². The summed E-state index contributed by atoms with van der Waals surface area (Å²) in [6, 6.07) is 6.72. The Kier molecular flexibility index (Phi) is 3.50. The van der Waals surface area contributed by atoms with Crippen LogP contribution in [0.25, 0.3) is 0 Å². The van der Waals surface area contributed by atoms with Gasteiger partial charge in [0, 0.05) is 18.2 Å². The second-order valence-corrected chi connectivity index (χ2v) is 3.69. The molecule has 0 aromatic heterocycles. The number of hydrogen-bond acceptors (Lipinski definition) is 1. The third-order valence-corrected chi connectivity index (χ3v) is 2.43. The first-order valence-corrected chi connectivity index (χ1v) is 5.20.